The van der Waals surface area contributed by atoms with E-state index in [2.05, 4.69) is 17.0 Å². The van der Waals surface area contributed by atoms with Gasteiger partial charge in [-0.1, -0.05) is 18.2 Å². The van der Waals surface area contributed by atoms with E-state index >= 15 is 0 Å². The third-order valence-electron chi connectivity index (χ3n) is 5.36. The van der Waals surface area contributed by atoms with Crippen molar-refractivity contribution in [2.45, 2.75) is 19.4 Å². The fraction of sp³-hybridized carbons (Fsp3) is 0.500. The second-order valence-corrected chi connectivity index (χ2v) is 10.2. The van der Waals surface area contributed by atoms with Gasteiger partial charge in [0.2, 0.25) is 0 Å². The van der Waals surface area contributed by atoms with Gasteiger partial charge < -0.3 is 4.90 Å². The van der Waals surface area contributed by atoms with Gasteiger partial charge in [-0.3, -0.25) is 9.69 Å². The first-order chi connectivity index (χ1) is 11.9. The molecule has 2 aliphatic rings. The van der Waals surface area contributed by atoms with Gasteiger partial charge in [0, 0.05) is 36.9 Å². The van der Waals surface area contributed by atoms with Crippen LogP contribution in [0.4, 0.5) is 0 Å². The van der Waals surface area contributed by atoms with Crippen LogP contribution >= 0.6 is 11.3 Å². The molecule has 2 aliphatic heterocycles. The minimum absolute atomic E-state index is 0.109. The molecule has 1 aromatic carbocycles. The minimum atomic E-state index is -2.86. The molecular weight excluding hydrogens is 356 g/mol. The lowest BCUT2D eigenvalue weighted by Crippen LogP contribution is -2.52. The number of rotatable bonds is 2. The molecule has 0 aliphatic carbocycles. The van der Waals surface area contributed by atoms with E-state index in [4.69, 9.17) is 0 Å². The number of carbonyl (C=O) groups is 1. The molecule has 2 aromatic rings. The Morgan fingerprint density at radius 1 is 1.16 bits per heavy atom. The Balaban J connectivity index is 1.45. The highest BCUT2D eigenvalue weighted by Gasteiger charge is 2.34. The molecule has 0 radical (unpaired) electrons. The summed E-state index contributed by atoms with van der Waals surface area (Å²) in [4.78, 5) is 17.9. The van der Waals surface area contributed by atoms with Gasteiger partial charge in [0.25, 0.3) is 5.91 Å². The highest BCUT2D eigenvalue weighted by Crippen LogP contribution is 2.31. The molecule has 7 heteroatoms. The fourth-order valence-corrected chi connectivity index (χ4v) is 6.81. The zero-order valence-corrected chi connectivity index (χ0v) is 15.9. The first-order valence-corrected chi connectivity index (χ1v) is 11.3. The van der Waals surface area contributed by atoms with Crippen molar-refractivity contribution in [2.24, 2.45) is 0 Å². The number of sulfone groups is 1. The Morgan fingerprint density at radius 2 is 1.88 bits per heavy atom. The Labute approximate surface area is 152 Å². The summed E-state index contributed by atoms with van der Waals surface area (Å²) < 4.78 is 24.5. The van der Waals surface area contributed by atoms with Crippen LogP contribution in [0.15, 0.2) is 24.3 Å². The average molecular weight is 379 g/mol. The van der Waals surface area contributed by atoms with E-state index in [0.29, 0.717) is 18.8 Å². The topological polar surface area (TPSA) is 57.7 Å². The molecule has 4 rings (SSSR count). The standard InChI is InChI=1S/C18H22N2O3S2/c1-13-15-4-2-3-5-16(15)24-17(13)18(21)20-9-7-19(8-10-20)14-6-11-25(22,23)12-14/h2-5,14H,6-12H2,1H3/t14-/m1/s1. The Morgan fingerprint density at radius 3 is 2.52 bits per heavy atom. The van der Waals surface area contributed by atoms with Crippen molar-refractivity contribution in [3.05, 3.63) is 34.7 Å². The van der Waals surface area contributed by atoms with Crippen molar-refractivity contribution in [2.75, 3.05) is 37.7 Å². The molecule has 0 spiro atoms. The van der Waals surface area contributed by atoms with E-state index in [1.165, 1.54) is 0 Å². The summed E-state index contributed by atoms with van der Waals surface area (Å²) in [6.45, 7) is 4.88. The van der Waals surface area contributed by atoms with E-state index in [-0.39, 0.29) is 17.7 Å². The molecule has 0 bridgehead atoms. The summed E-state index contributed by atoms with van der Waals surface area (Å²) in [5, 5.41) is 1.16. The molecule has 0 unspecified atom stereocenters. The molecule has 0 N–H and O–H groups in total. The lowest BCUT2D eigenvalue weighted by Gasteiger charge is -2.37. The third-order valence-corrected chi connectivity index (χ3v) is 8.38. The van der Waals surface area contributed by atoms with Crippen molar-refractivity contribution in [1.29, 1.82) is 0 Å². The Bertz CT molecular complexity index is 912. The second-order valence-electron chi connectivity index (χ2n) is 6.94. The molecule has 1 atom stereocenters. The quantitative estimate of drug-likeness (QED) is 0.804. The lowest BCUT2D eigenvalue weighted by atomic mass is 10.1. The van der Waals surface area contributed by atoms with Crippen LogP contribution in [0.2, 0.25) is 0 Å². The van der Waals surface area contributed by atoms with Crippen LogP contribution in [0.1, 0.15) is 21.7 Å². The maximum absolute atomic E-state index is 12.9. The molecule has 0 saturated carbocycles. The molecule has 3 heterocycles. The number of amides is 1. The summed E-state index contributed by atoms with van der Waals surface area (Å²) in [5.74, 6) is 0.686. The maximum atomic E-state index is 12.9. The van der Waals surface area contributed by atoms with Crippen LogP contribution in [0.3, 0.4) is 0 Å². The molecule has 1 amide bonds. The number of piperazine rings is 1. The molecule has 5 nitrogen and oxygen atoms in total. The Hall–Kier alpha value is -1.44. The summed E-state index contributed by atoms with van der Waals surface area (Å²) >= 11 is 1.57. The lowest BCUT2D eigenvalue weighted by molar-refractivity contribution is 0.0592. The number of nitrogens with zero attached hydrogens (tertiary/aromatic N) is 2. The van der Waals surface area contributed by atoms with Gasteiger partial charge in [0.05, 0.1) is 16.4 Å². The van der Waals surface area contributed by atoms with Crippen LogP contribution in [0, 0.1) is 6.92 Å². The summed E-state index contributed by atoms with van der Waals surface area (Å²) in [6, 6.07) is 8.26. The summed E-state index contributed by atoms with van der Waals surface area (Å²) in [7, 11) is -2.86. The smallest absolute Gasteiger partial charge is 0.264 e. The number of hydrogen-bond donors (Lipinski definition) is 0. The zero-order chi connectivity index (χ0) is 17.6. The van der Waals surface area contributed by atoms with Crippen LogP contribution in [-0.4, -0.2) is 67.9 Å². The van der Waals surface area contributed by atoms with Gasteiger partial charge in [-0.15, -0.1) is 11.3 Å². The Kier molecular flexibility index (Phi) is 4.33. The fourth-order valence-electron chi connectivity index (χ4n) is 3.88. The molecular formula is C18H22N2O3S2. The van der Waals surface area contributed by atoms with E-state index in [1.807, 2.05) is 24.0 Å². The number of thiophene rings is 1. The molecule has 1 aromatic heterocycles. The molecule has 2 fully saturated rings. The van der Waals surface area contributed by atoms with Crippen molar-refractivity contribution in [3.8, 4) is 0 Å². The van der Waals surface area contributed by atoms with Crippen molar-refractivity contribution in [3.63, 3.8) is 0 Å². The number of carbonyl (C=O) groups excluding carboxylic acids is 1. The van der Waals surface area contributed by atoms with Gasteiger partial charge in [-0.25, -0.2) is 8.42 Å². The monoisotopic (exact) mass is 378 g/mol. The largest absolute Gasteiger partial charge is 0.335 e. The maximum Gasteiger partial charge on any atom is 0.264 e. The second kappa shape index (κ2) is 6.37. The van der Waals surface area contributed by atoms with E-state index < -0.39 is 9.84 Å². The van der Waals surface area contributed by atoms with E-state index in [9.17, 15) is 13.2 Å². The van der Waals surface area contributed by atoms with Crippen molar-refractivity contribution >= 4 is 37.2 Å². The van der Waals surface area contributed by atoms with Crippen LogP contribution in [-0.2, 0) is 9.84 Å². The van der Waals surface area contributed by atoms with Crippen molar-refractivity contribution in [1.82, 2.24) is 9.80 Å². The molecule has 134 valence electrons. The highest BCUT2D eigenvalue weighted by molar-refractivity contribution is 7.91. The average Bonchev–Trinajstić information content (AvgIpc) is 3.15. The van der Waals surface area contributed by atoms with Gasteiger partial charge in [-0.05, 0) is 30.4 Å². The number of fused-ring (bicyclic) bond motifs is 1. The number of hydrogen-bond acceptors (Lipinski definition) is 5. The highest BCUT2D eigenvalue weighted by atomic mass is 32.2. The van der Waals surface area contributed by atoms with Crippen LogP contribution in [0.25, 0.3) is 10.1 Å². The first kappa shape index (κ1) is 17.0. The predicted molar refractivity (Wildman–Crippen MR) is 101 cm³/mol. The van der Waals surface area contributed by atoms with Gasteiger partial charge in [0.1, 0.15) is 0 Å². The van der Waals surface area contributed by atoms with E-state index in [1.54, 1.807) is 11.3 Å². The van der Waals surface area contributed by atoms with Crippen LogP contribution in [0.5, 0.6) is 0 Å². The predicted octanol–water partition coefficient (Wildman–Crippen LogP) is 2.15. The van der Waals surface area contributed by atoms with Gasteiger partial charge >= 0.3 is 0 Å². The molecule has 2 saturated heterocycles. The normalized spacial score (nSPS) is 24.0. The SMILES string of the molecule is Cc1c(C(=O)N2CCN([C@@H]3CCS(=O)(=O)C3)CC2)sc2ccccc12. The minimum Gasteiger partial charge on any atom is -0.335 e. The number of benzene rings is 1. The van der Waals surface area contributed by atoms with E-state index in [0.717, 1.165) is 40.0 Å². The first-order valence-electron chi connectivity index (χ1n) is 8.66. The van der Waals surface area contributed by atoms with Gasteiger partial charge in [0.15, 0.2) is 9.84 Å². The number of aryl methyl sites for hydroxylation is 1. The summed E-state index contributed by atoms with van der Waals surface area (Å²) in [5.41, 5.74) is 1.06. The van der Waals surface area contributed by atoms with Gasteiger partial charge in [-0.2, -0.15) is 0 Å². The van der Waals surface area contributed by atoms with Crippen LogP contribution < -0.4 is 0 Å². The summed E-state index contributed by atoms with van der Waals surface area (Å²) in [6.07, 6.45) is 0.728. The third kappa shape index (κ3) is 3.20. The van der Waals surface area contributed by atoms with Crippen molar-refractivity contribution < 1.29 is 13.2 Å². The molecule has 25 heavy (non-hydrogen) atoms. The zero-order valence-electron chi connectivity index (χ0n) is 14.3.